The molecule has 0 atom stereocenters. The fourth-order valence-electron chi connectivity index (χ4n) is 8.27. The van der Waals surface area contributed by atoms with E-state index >= 15 is 0 Å². The van der Waals surface area contributed by atoms with Gasteiger partial charge >= 0.3 is 0 Å². The number of halogens is 1. The molecule has 0 aliphatic heterocycles. The van der Waals surface area contributed by atoms with Crippen molar-refractivity contribution in [3.05, 3.63) is 139 Å². The first-order valence-corrected chi connectivity index (χ1v) is 18.8. The Morgan fingerprint density at radius 2 is 1.25 bits per heavy atom. The van der Waals surface area contributed by atoms with Crippen LogP contribution in [0, 0.1) is 0 Å². The van der Waals surface area contributed by atoms with E-state index in [4.69, 9.17) is 26.0 Å². The van der Waals surface area contributed by atoms with Gasteiger partial charge in [0.05, 0.1) is 16.4 Å². The molecule has 12 aromatic rings. The van der Waals surface area contributed by atoms with E-state index in [1.807, 2.05) is 23.5 Å². The zero-order valence-corrected chi connectivity index (χ0v) is 29.0. The van der Waals surface area contributed by atoms with Crippen LogP contribution in [0.25, 0.3) is 112 Å². The van der Waals surface area contributed by atoms with E-state index in [9.17, 15) is 0 Å². The Bertz CT molecular complexity index is 3460. The summed E-state index contributed by atoms with van der Waals surface area (Å²) in [5, 5.41) is 11.9. The number of hydrogen-bond acceptors (Lipinski definition) is 5. The maximum atomic E-state index is 6.77. The summed E-state index contributed by atoms with van der Waals surface area (Å²) in [7, 11) is 0. The Hall–Kier alpha value is -5.79. The molecule has 0 radical (unpaired) electrons. The number of aromatic nitrogens is 3. The van der Waals surface area contributed by atoms with Gasteiger partial charge in [0.2, 0.25) is 5.28 Å². The van der Waals surface area contributed by atoms with E-state index in [0.717, 1.165) is 70.2 Å². The van der Waals surface area contributed by atoms with Crippen molar-refractivity contribution in [3.63, 3.8) is 0 Å². The lowest BCUT2D eigenvalue weighted by molar-refractivity contribution is 0.670. The monoisotopic (exact) mass is 707 g/mol. The van der Waals surface area contributed by atoms with E-state index in [2.05, 4.69) is 126 Å². The van der Waals surface area contributed by atoms with Crippen LogP contribution in [0.4, 0.5) is 0 Å². The van der Waals surface area contributed by atoms with Crippen LogP contribution in [-0.2, 0) is 0 Å². The number of para-hydroxylation sites is 3. The molecular formula is C44H22ClN3OS2. The maximum absolute atomic E-state index is 6.77. The van der Waals surface area contributed by atoms with Crippen LogP contribution >= 0.6 is 34.3 Å². The van der Waals surface area contributed by atoms with Gasteiger partial charge in [0.15, 0.2) is 5.82 Å². The van der Waals surface area contributed by atoms with Gasteiger partial charge in [-0.15, -0.1) is 22.7 Å². The van der Waals surface area contributed by atoms with Crippen LogP contribution in [0.3, 0.4) is 0 Å². The molecule has 5 aromatic heterocycles. The van der Waals surface area contributed by atoms with E-state index < -0.39 is 0 Å². The first-order valence-electron chi connectivity index (χ1n) is 16.8. The molecule has 238 valence electrons. The van der Waals surface area contributed by atoms with Crippen molar-refractivity contribution in [2.45, 2.75) is 0 Å². The molecule has 5 heterocycles. The summed E-state index contributed by atoms with van der Waals surface area (Å²) in [6.45, 7) is 0. The quantitative estimate of drug-likeness (QED) is 0.168. The number of furan rings is 1. The first kappa shape index (κ1) is 28.0. The van der Waals surface area contributed by atoms with E-state index in [1.54, 1.807) is 11.3 Å². The molecule has 4 nitrogen and oxygen atoms in total. The minimum Gasteiger partial charge on any atom is -0.455 e. The van der Waals surface area contributed by atoms with Crippen LogP contribution in [-0.4, -0.2) is 14.5 Å². The Kier molecular flexibility index (Phi) is 5.56. The van der Waals surface area contributed by atoms with Gasteiger partial charge in [0, 0.05) is 62.8 Å². The number of nitrogens with zero attached hydrogens (tertiary/aromatic N) is 3. The summed E-state index contributed by atoms with van der Waals surface area (Å²) in [4.78, 5) is 10.6. The second kappa shape index (κ2) is 10.1. The van der Waals surface area contributed by atoms with Crippen molar-refractivity contribution >= 4 is 129 Å². The summed E-state index contributed by atoms with van der Waals surface area (Å²) in [5.41, 5.74) is 6.25. The second-order valence-corrected chi connectivity index (χ2v) is 15.4. The van der Waals surface area contributed by atoms with Crippen LogP contribution in [0.5, 0.6) is 0 Å². The lowest BCUT2D eigenvalue weighted by atomic mass is 9.95. The van der Waals surface area contributed by atoms with Crippen molar-refractivity contribution in [2.75, 3.05) is 0 Å². The third-order valence-electron chi connectivity index (χ3n) is 10.4. The molecule has 7 aromatic carbocycles. The van der Waals surface area contributed by atoms with Crippen molar-refractivity contribution < 1.29 is 4.42 Å². The third kappa shape index (κ3) is 3.74. The lowest BCUT2D eigenvalue weighted by Gasteiger charge is -2.12. The fraction of sp³-hybridized carbons (Fsp3) is 0. The van der Waals surface area contributed by atoms with Crippen LogP contribution < -0.4 is 0 Å². The third-order valence-corrected chi connectivity index (χ3v) is 12.8. The fourth-order valence-corrected chi connectivity index (χ4v) is 10.8. The first-order chi connectivity index (χ1) is 25.2. The standard InChI is InChI=1S/C44H22ClN3OS2/c45-44-46-42(38-30-13-4-8-19-35(30)51-43(38)47-44)48-32-16-5-1-11-28(32)36-26-21-20-23(24-14-9-15-27-25-10-2-6-17-33(25)49-40(24)27)22-31(26)41-37(39(36)48)29-12-3-7-18-34(29)50-41/h1-22H. The van der Waals surface area contributed by atoms with Gasteiger partial charge in [-0.25, -0.2) is 4.98 Å². The molecule has 0 fully saturated rings. The summed E-state index contributed by atoms with van der Waals surface area (Å²) < 4.78 is 12.5. The molecule has 0 unspecified atom stereocenters. The number of benzene rings is 7. The highest BCUT2D eigenvalue weighted by Gasteiger charge is 2.25. The van der Waals surface area contributed by atoms with E-state index in [1.165, 1.54) is 41.7 Å². The molecule has 0 aliphatic carbocycles. The molecule has 0 saturated heterocycles. The van der Waals surface area contributed by atoms with Crippen LogP contribution in [0.2, 0.25) is 5.28 Å². The van der Waals surface area contributed by atoms with Gasteiger partial charge in [-0.05, 0) is 52.9 Å². The highest BCUT2D eigenvalue weighted by Crippen LogP contribution is 2.50. The highest BCUT2D eigenvalue weighted by molar-refractivity contribution is 7.27. The number of rotatable bonds is 2. The predicted molar refractivity (Wildman–Crippen MR) is 217 cm³/mol. The lowest BCUT2D eigenvalue weighted by Crippen LogP contribution is -2.00. The van der Waals surface area contributed by atoms with Gasteiger partial charge < -0.3 is 4.42 Å². The molecular weight excluding hydrogens is 686 g/mol. The van der Waals surface area contributed by atoms with E-state index in [-0.39, 0.29) is 5.28 Å². The Balaban J connectivity index is 1.28. The van der Waals surface area contributed by atoms with Gasteiger partial charge in [-0.2, -0.15) is 4.98 Å². The maximum Gasteiger partial charge on any atom is 0.225 e. The van der Waals surface area contributed by atoms with Crippen molar-refractivity contribution in [2.24, 2.45) is 0 Å². The predicted octanol–water partition coefficient (Wildman–Crippen LogP) is 13.7. The normalized spacial score (nSPS) is 12.4. The number of hydrogen-bond donors (Lipinski definition) is 0. The minimum atomic E-state index is 0.242. The number of thiophene rings is 2. The Morgan fingerprint density at radius 3 is 2.12 bits per heavy atom. The van der Waals surface area contributed by atoms with Gasteiger partial charge in [-0.3, -0.25) is 4.57 Å². The van der Waals surface area contributed by atoms with Gasteiger partial charge in [-0.1, -0.05) is 103 Å². The zero-order valence-electron chi connectivity index (χ0n) is 26.6. The second-order valence-electron chi connectivity index (χ2n) is 13.0. The van der Waals surface area contributed by atoms with E-state index in [0.29, 0.717) is 0 Å². The Morgan fingerprint density at radius 1 is 0.549 bits per heavy atom. The van der Waals surface area contributed by atoms with Gasteiger partial charge in [0.1, 0.15) is 16.0 Å². The van der Waals surface area contributed by atoms with Crippen molar-refractivity contribution in [1.82, 2.24) is 14.5 Å². The smallest absolute Gasteiger partial charge is 0.225 e. The molecule has 0 amide bonds. The molecule has 12 rings (SSSR count). The largest absolute Gasteiger partial charge is 0.455 e. The van der Waals surface area contributed by atoms with Crippen molar-refractivity contribution in [3.8, 4) is 16.9 Å². The minimum absolute atomic E-state index is 0.242. The number of fused-ring (bicyclic) bond motifs is 16. The molecule has 0 N–H and O–H groups in total. The summed E-state index contributed by atoms with van der Waals surface area (Å²) >= 11 is 10.3. The van der Waals surface area contributed by atoms with Crippen LogP contribution in [0.15, 0.2) is 138 Å². The average molecular weight is 708 g/mol. The Labute approximate surface area is 302 Å². The summed E-state index contributed by atoms with van der Waals surface area (Å²) in [6, 6.07) is 47.6. The average Bonchev–Trinajstić information content (AvgIpc) is 3.93. The highest BCUT2D eigenvalue weighted by atomic mass is 35.5. The van der Waals surface area contributed by atoms with Crippen LogP contribution in [0.1, 0.15) is 0 Å². The zero-order chi connectivity index (χ0) is 33.4. The van der Waals surface area contributed by atoms with Gasteiger partial charge in [0.25, 0.3) is 0 Å². The molecule has 0 saturated carbocycles. The molecule has 7 heteroatoms. The molecule has 51 heavy (non-hydrogen) atoms. The topological polar surface area (TPSA) is 43.9 Å². The van der Waals surface area contributed by atoms with Crippen molar-refractivity contribution in [1.29, 1.82) is 0 Å². The SMILES string of the molecule is Clc1nc(-n2c3ccccc3c3c4ccc(-c5cccc6c5oc5ccccc56)cc4c4sc5ccccc5c4c32)c2c(n1)sc1ccccc12. The molecule has 0 spiro atoms. The summed E-state index contributed by atoms with van der Waals surface area (Å²) in [6.07, 6.45) is 0. The molecule has 0 aliphatic rings. The molecule has 0 bridgehead atoms. The summed E-state index contributed by atoms with van der Waals surface area (Å²) in [5.74, 6) is 0.803.